The minimum Gasteiger partial charge on any atom is -0.492 e. The van der Waals surface area contributed by atoms with Gasteiger partial charge in [-0.3, -0.25) is 4.90 Å². The molecule has 1 fully saturated rings. The number of amides is 1. The van der Waals surface area contributed by atoms with Crippen molar-refractivity contribution in [3.63, 3.8) is 0 Å². The van der Waals surface area contributed by atoms with Gasteiger partial charge in [-0.25, -0.2) is 4.79 Å². The average Bonchev–Trinajstić information content (AvgIpc) is 2.55. The minimum absolute atomic E-state index is 0.256. The highest BCUT2D eigenvalue weighted by Gasteiger charge is 2.26. The summed E-state index contributed by atoms with van der Waals surface area (Å²) in [5.41, 5.74) is 1.32. The van der Waals surface area contributed by atoms with E-state index in [1.807, 2.05) is 40.7 Å². The van der Waals surface area contributed by atoms with E-state index in [0.29, 0.717) is 42.0 Å². The lowest BCUT2D eigenvalue weighted by Gasteiger charge is -2.35. The van der Waals surface area contributed by atoms with Crippen molar-refractivity contribution in [2.75, 3.05) is 32.8 Å². The highest BCUT2D eigenvalue weighted by molar-refractivity contribution is 6.37. The molecule has 1 aromatic carbocycles. The summed E-state index contributed by atoms with van der Waals surface area (Å²) < 4.78 is 11.2. The van der Waals surface area contributed by atoms with E-state index in [2.05, 4.69) is 4.90 Å². The molecule has 1 aromatic rings. The summed E-state index contributed by atoms with van der Waals surface area (Å²) in [6.45, 7) is 13.4. The van der Waals surface area contributed by atoms with Gasteiger partial charge in [-0.2, -0.15) is 0 Å². The Morgan fingerprint density at radius 1 is 1.19 bits per heavy atom. The first-order chi connectivity index (χ1) is 12.1. The lowest BCUT2D eigenvalue weighted by molar-refractivity contribution is 0.0138. The molecule has 0 unspecified atom stereocenters. The zero-order valence-corrected chi connectivity index (χ0v) is 17.7. The van der Waals surface area contributed by atoms with Gasteiger partial charge in [-0.15, -0.1) is 0 Å². The molecule has 26 heavy (non-hydrogen) atoms. The van der Waals surface area contributed by atoms with Crippen LogP contribution in [0.5, 0.6) is 5.75 Å². The maximum atomic E-state index is 12.2. The zero-order chi connectivity index (χ0) is 19.5. The number of rotatable bonds is 4. The number of ether oxygens (including phenoxy) is 2. The summed E-state index contributed by atoms with van der Waals surface area (Å²) >= 11 is 12.7. The third-order valence-electron chi connectivity index (χ3n) is 4.19. The Kier molecular flexibility index (Phi) is 7.05. The molecule has 0 radical (unpaired) electrons. The third kappa shape index (κ3) is 5.41. The second-order valence-electron chi connectivity index (χ2n) is 7.46. The molecule has 5 nitrogen and oxygen atoms in total. The first-order valence-corrected chi connectivity index (χ1v) is 9.68. The van der Waals surface area contributed by atoms with E-state index in [4.69, 9.17) is 32.7 Å². The molecule has 0 saturated carbocycles. The second kappa shape index (κ2) is 8.68. The van der Waals surface area contributed by atoms with Gasteiger partial charge < -0.3 is 14.4 Å². The Hall–Kier alpha value is -1.17. The van der Waals surface area contributed by atoms with Crippen LogP contribution in [0.1, 0.15) is 38.8 Å². The van der Waals surface area contributed by atoms with Gasteiger partial charge in [0.15, 0.2) is 0 Å². The molecule has 0 spiro atoms. The van der Waals surface area contributed by atoms with Crippen molar-refractivity contribution in [3.8, 4) is 5.75 Å². The van der Waals surface area contributed by atoms with Gasteiger partial charge in [0.2, 0.25) is 0 Å². The normalized spacial score (nSPS) is 15.9. The van der Waals surface area contributed by atoms with Crippen LogP contribution in [-0.2, 0) is 11.3 Å². The summed E-state index contributed by atoms with van der Waals surface area (Å²) in [7, 11) is 0. The number of hydrogen-bond donors (Lipinski definition) is 0. The van der Waals surface area contributed by atoms with Crippen LogP contribution in [0.25, 0.3) is 0 Å². The van der Waals surface area contributed by atoms with Gasteiger partial charge in [-0.05, 0) is 46.2 Å². The molecule has 0 aliphatic carbocycles. The number of piperazine rings is 1. The van der Waals surface area contributed by atoms with Crippen LogP contribution in [0.4, 0.5) is 4.79 Å². The van der Waals surface area contributed by atoms with Crippen molar-refractivity contribution in [1.29, 1.82) is 0 Å². The lowest BCUT2D eigenvalue weighted by Crippen LogP contribution is -2.49. The summed E-state index contributed by atoms with van der Waals surface area (Å²) in [6.07, 6.45) is -0.256. The highest BCUT2D eigenvalue weighted by Crippen LogP contribution is 2.37. The van der Waals surface area contributed by atoms with Gasteiger partial charge in [0.1, 0.15) is 11.4 Å². The van der Waals surface area contributed by atoms with Crippen molar-refractivity contribution in [2.45, 2.75) is 46.8 Å². The van der Waals surface area contributed by atoms with Crippen LogP contribution in [0, 0.1) is 6.92 Å². The quantitative estimate of drug-likeness (QED) is 0.728. The first kappa shape index (κ1) is 21.1. The van der Waals surface area contributed by atoms with Gasteiger partial charge in [-0.1, -0.05) is 23.2 Å². The average molecular weight is 403 g/mol. The van der Waals surface area contributed by atoms with E-state index in [9.17, 15) is 4.79 Å². The van der Waals surface area contributed by atoms with E-state index in [1.54, 1.807) is 4.90 Å². The van der Waals surface area contributed by atoms with Crippen LogP contribution < -0.4 is 4.74 Å². The summed E-state index contributed by atoms with van der Waals surface area (Å²) in [4.78, 5) is 16.2. The molecule has 7 heteroatoms. The SMILES string of the molecule is CCOc1c(CN2CCN(C(=O)OC(C)(C)C)CC2)cc(Cl)c(C)c1Cl. The molecule has 0 bridgehead atoms. The molecule has 0 atom stereocenters. The number of hydrogen-bond acceptors (Lipinski definition) is 4. The second-order valence-corrected chi connectivity index (χ2v) is 8.25. The molecular formula is C19H28Cl2N2O3. The van der Waals surface area contributed by atoms with Crippen molar-refractivity contribution < 1.29 is 14.3 Å². The van der Waals surface area contributed by atoms with E-state index in [0.717, 1.165) is 24.2 Å². The number of carbonyl (C=O) groups is 1. The fourth-order valence-electron chi connectivity index (χ4n) is 2.82. The minimum atomic E-state index is -0.476. The lowest BCUT2D eigenvalue weighted by atomic mass is 10.1. The molecule has 1 heterocycles. The van der Waals surface area contributed by atoms with Gasteiger partial charge in [0, 0.05) is 43.3 Å². The van der Waals surface area contributed by atoms with E-state index >= 15 is 0 Å². The van der Waals surface area contributed by atoms with Gasteiger partial charge >= 0.3 is 6.09 Å². The van der Waals surface area contributed by atoms with Crippen molar-refractivity contribution in [3.05, 3.63) is 27.2 Å². The Morgan fingerprint density at radius 2 is 1.81 bits per heavy atom. The molecule has 146 valence electrons. The molecule has 1 amide bonds. The Morgan fingerprint density at radius 3 is 2.35 bits per heavy atom. The zero-order valence-electron chi connectivity index (χ0n) is 16.2. The van der Waals surface area contributed by atoms with E-state index < -0.39 is 5.60 Å². The van der Waals surface area contributed by atoms with Crippen LogP contribution in [0.3, 0.4) is 0 Å². The van der Waals surface area contributed by atoms with Gasteiger partial charge in [0.25, 0.3) is 0 Å². The monoisotopic (exact) mass is 402 g/mol. The molecule has 1 aliphatic heterocycles. The van der Waals surface area contributed by atoms with E-state index in [1.165, 1.54) is 0 Å². The van der Waals surface area contributed by atoms with Crippen molar-refractivity contribution >= 4 is 29.3 Å². The molecule has 0 N–H and O–H groups in total. The standard InChI is InChI=1S/C19H28Cl2N2O3/c1-6-25-17-14(11-15(20)13(2)16(17)21)12-22-7-9-23(10-8-22)18(24)26-19(3,4)5/h11H,6-10,12H2,1-5H3. The number of benzene rings is 1. The summed E-state index contributed by atoms with van der Waals surface area (Å²) in [5.74, 6) is 0.700. The molecule has 0 aromatic heterocycles. The van der Waals surface area contributed by atoms with Crippen LogP contribution in [0.2, 0.25) is 10.0 Å². The van der Waals surface area contributed by atoms with Crippen LogP contribution in [0.15, 0.2) is 6.07 Å². The smallest absolute Gasteiger partial charge is 0.410 e. The number of nitrogens with zero attached hydrogens (tertiary/aromatic N) is 2. The molecular weight excluding hydrogens is 375 g/mol. The maximum Gasteiger partial charge on any atom is 0.410 e. The largest absolute Gasteiger partial charge is 0.492 e. The molecule has 2 rings (SSSR count). The van der Waals surface area contributed by atoms with Crippen molar-refractivity contribution in [2.24, 2.45) is 0 Å². The summed E-state index contributed by atoms with van der Waals surface area (Å²) in [5, 5.41) is 1.21. The van der Waals surface area contributed by atoms with E-state index in [-0.39, 0.29) is 6.09 Å². The molecule has 1 saturated heterocycles. The Bertz CT molecular complexity index is 651. The Labute approximate surface area is 166 Å². The topological polar surface area (TPSA) is 42.0 Å². The molecule has 1 aliphatic rings. The third-order valence-corrected chi connectivity index (χ3v) is 5.03. The fraction of sp³-hybridized carbons (Fsp3) is 0.632. The highest BCUT2D eigenvalue weighted by atomic mass is 35.5. The predicted molar refractivity (Wildman–Crippen MR) is 105 cm³/mol. The number of halogens is 2. The van der Waals surface area contributed by atoms with Crippen molar-refractivity contribution in [1.82, 2.24) is 9.80 Å². The first-order valence-electron chi connectivity index (χ1n) is 8.93. The Balaban J connectivity index is 2.02. The van der Waals surface area contributed by atoms with Gasteiger partial charge in [0.05, 0.1) is 11.6 Å². The fourth-order valence-corrected chi connectivity index (χ4v) is 3.37. The predicted octanol–water partition coefficient (Wildman–Crippen LogP) is 4.75. The summed E-state index contributed by atoms with van der Waals surface area (Å²) in [6, 6.07) is 1.92. The van der Waals surface area contributed by atoms with Crippen LogP contribution in [-0.4, -0.2) is 54.3 Å². The van der Waals surface area contributed by atoms with Crippen LogP contribution >= 0.6 is 23.2 Å². The maximum absolute atomic E-state index is 12.2. The number of carbonyl (C=O) groups excluding carboxylic acids is 1.